The number of carbonyl (C=O) groups excluding carboxylic acids is 2. The molecule has 0 saturated carbocycles. The predicted octanol–water partition coefficient (Wildman–Crippen LogP) is 6.60. The first-order valence-corrected chi connectivity index (χ1v) is 12.3. The molecule has 1 heterocycles. The minimum Gasteiger partial charge on any atom is -0.483 e. The predicted molar refractivity (Wildman–Crippen MR) is 128 cm³/mol. The molecule has 1 aliphatic heterocycles. The van der Waals surface area contributed by atoms with Gasteiger partial charge in [-0.15, -0.1) is 0 Å². The Bertz CT molecular complexity index is 756. The molecule has 1 aromatic carbocycles. The maximum absolute atomic E-state index is 12.5. The summed E-state index contributed by atoms with van der Waals surface area (Å²) in [5.41, 5.74) is 0.683. The summed E-state index contributed by atoms with van der Waals surface area (Å²) in [6.45, 7) is 6.59. The fourth-order valence-electron chi connectivity index (χ4n) is 3.56. The van der Waals surface area contributed by atoms with E-state index < -0.39 is 12.2 Å². The van der Waals surface area contributed by atoms with Crippen molar-refractivity contribution in [3.05, 3.63) is 23.8 Å². The number of rotatable bonds is 12. The second-order valence-corrected chi connectivity index (χ2v) is 10.1. The fourth-order valence-corrected chi connectivity index (χ4v) is 4.15. The van der Waals surface area contributed by atoms with Gasteiger partial charge in [0.1, 0.15) is 5.60 Å². The van der Waals surface area contributed by atoms with Gasteiger partial charge in [-0.25, -0.2) is 18.2 Å². The number of nitrogens with zero attached hydrogens (tertiary/aromatic N) is 2. The number of carbonyl (C=O) groups is 2. The topological polar surface area (TPSA) is 68.3 Å². The number of hydrogen-bond donors (Lipinski definition) is 0. The summed E-state index contributed by atoms with van der Waals surface area (Å²) in [6.07, 6.45) is 9.15. The van der Waals surface area contributed by atoms with Crippen molar-refractivity contribution in [3.63, 3.8) is 0 Å². The average molecular weight is 467 g/mol. The van der Waals surface area contributed by atoms with Gasteiger partial charge in [-0.05, 0) is 26.3 Å². The minimum atomic E-state index is -0.598. The first kappa shape index (κ1) is 26.2. The van der Waals surface area contributed by atoms with E-state index in [4.69, 9.17) is 14.2 Å². The third kappa shape index (κ3) is 8.45. The van der Waals surface area contributed by atoms with Gasteiger partial charge >= 0.3 is 12.2 Å². The molecule has 0 bridgehead atoms. The van der Waals surface area contributed by atoms with Crippen molar-refractivity contribution in [3.8, 4) is 11.5 Å². The average Bonchev–Trinajstić information content (AvgIpc) is 3.07. The zero-order valence-electron chi connectivity index (χ0n) is 20.1. The van der Waals surface area contributed by atoms with Crippen LogP contribution in [0.25, 0.3) is 0 Å². The Kier molecular flexibility index (Phi) is 10.5. The van der Waals surface area contributed by atoms with E-state index in [0.717, 1.165) is 37.0 Å². The molecule has 2 amide bonds. The van der Waals surface area contributed by atoms with E-state index in [-0.39, 0.29) is 5.60 Å². The van der Waals surface area contributed by atoms with E-state index >= 15 is 0 Å². The van der Waals surface area contributed by atoms with Gasteiger partial charge in [-0.1, -0.05) is 64.0 Å². The highest BCUT2D eigenvalue weighted by Crippen LogP contribution is 2.42. The van der Waals surface area contributed by atoms with Gasteiger partial charge in [0.15, 0.2) is 11.5 Å². The van der Waals surface area contributed by atoms with Crippen LogP contribution in [0.1, 0.15) is 77.7 Å². The summed E-state index contributed by atoms with van der Waals surface area (Å²) in [4.78, 5) is 24.7. The molecule has 0 fully saturated rings. The Labute approximate surface area is 197 Å². The van der Waals surface area contributed by atoms with Gasteiger partial charge in [0.25, 0.3) is 0 Å². The van der Waals surface area contributed by atoms with Crippen LogP contribution in [-0.4, -0.2) is 47.1 Å². The molecule has 0 spiro atoms. The fraction of sp³-hybridized carbons (Fsp3) is 0.667. The molecule has 0 aromatic heterocycles. The Morgan fingerprint density at radius 3 is 2.31 bits per heavy atom. The first-order chi connectivity index (χ1) is 15.2. The zero-order valence-corrected chi connectivity index (χ0v) is 21.0. The van der Waals surface area contributed by atoms with Gasteiger partial charge in [-0.3, -0.25) is 0 Å². The largest absolute Gasteiger partial charge is 0.483 e. The highest BCUT2D eigenvalue weighted by Gasteiger charge is 2.33. The standard InChI is InChI=1S/C24H38N2O5S/c1-6-7-8-9-10-11-12-13-17-29-22(27)25(4)32-26(5)23(28)30-20-16-14-15-19-18-24(2,3)31-21(19)20/h14-16H,6-13,17-18H2,1-5H3. The number of ether oxygens (including phenoxy) is 3. The molecule has 0 N–H and O–H groups in total. The molecule has 32 heavy (non-hydrogen) atoms. The number of para-hydroxylation sites is 1. The summed E-state index contributed by atoms with van der Waals surface area (Å²) < 4.78 is 19.3. The highest BCUT2D eigenvalue weighted by molar-refractivity contribution is 7.95. The molecule has 7 nitrogen and oxygen atoms in total. The van der Waals surface area contributed by atoms with E-state index in [9.17, 15) is 9.59 Å². The lowest BCUT2D eigenvalue weighted by Gasteiger charge is -2.22. The molecule has 1 aliphatic rings. The van der Waals surface area contributed by atoms with Crippen LogP contribution in [0, 0.1) is 0 Å². The molecule has 0 saturated heterocycles. The van der Waals surface area contributed by atoms with Crippen molar-refractivity contribution in [1.29, 1.82) is 0 Å². The van der Waals surface area contributed by atoms with Crippen LogP contribution < -0.4 is 9.47 Å². The van der Waals surface area contributed by atoms with Crippen molar-refractivity contribution >= 4 is 24.3 Å². The van der Waals surface area contributed by atoms with E-state index in [0.29, 0.717) is 18.1 Å². The molecular weight excluding hydrogens is 428 g/mol. The van der Waals surface area contributed by atoms with Crippen LogP contribution in [0.5, 0.6) is 11.5 Å². The highest BCUT2D eigenvalue weighted by atomic mass is 32.2. The van der Waals surface area contributed by atoms with Crippen LogP contribution in [0.4, 0.5) is 9.59 Å². The van der Waals surface area contributed by atoms with Crippen molar-refractivity contribution in [1.82, 2.24) is 8.61 Å². The number of amides is 2. The Morgan fingerprint density at radius 2 is 1.62 bits per heavy atom. The number of hydrogen-bond acceptors (Lipinski definition) is 6. The maximum atomic E-state index is 12.5. The molecule has 0 unspecified atom stereocenters. The van der Waals surface area contributed by atoms with E-state index in [1.54, 1.807) is 20.2 Å². The number of fused-ring (bicyclic) bond motifs is 1. The zero-order chi connectivity index (χ0) is 23.6. The minimum absolute atomic E-state index is 0.329. The molecule has 1 aromatic rings. The Balaban J connectivity index is 1.68. The lowest BCUT2D eigenvalue weighted by Crippen LogP contribution is -2.31. The normalized spacial score (nSPS) is 13.8. The van der Waals surface area contributed by atoms with Crippen LogP contribution in [0.15, 0.2) is 18.2 Å². The molecule has 0 aliphatic carbocycles. The monoisotopic (exact) mass is 466 g/mol. The molecule has 2 rings (SSSR count). The molecule has 0 radical (unpaired) electrons. The Morgan fingerprint density at radius 1 is 1.00 bits per heavy atom. The molecule has 180 valence electrons. The van der Waals surface area contributed by atoms with Gasteiger partial charge in [-0.2, -0.15) is 0 Å². The number of benzene rings is 1. The van der Waals surface area contributed by atoms with Gasteiger partial charge in [0.05, 0.1) is 18.7 Å². The van der Waals surface area contributed by atoms with Crippen molar-refractivity contribution in [2.45, 2.75) is 84.2 Å². The van der Waals surface area contributed by atoms with E-state index in [1.165, 1.54) is 47.1 Å². The van der Waals surface area contributed by atoms with Crippen LogP contribution in [0.2, 0.25) is 0 Å². The summed E-state index contributed by atoms with van der Waals surface area (Å²) in [5, 5.41) is 0. The van der Waals surface area contributed by atoms with Crippen LogP contribution in [-0.2, 0) is 11.2 Å². The van der Waals surface area contributed by atoms with Crippen molar-refractivity contribution < 1.29 is 23.8 Å². The molecular formula is C24H38N2O5S. The Hall–Kier alpha value is -2.09. The van der Waals surface area contributed by atoms with Crippen LogP contribution in [0.3, 0.4) is 0 Å². The quantitative estimate of drug-likeness (QED) is 0.255. The van der Waals surface area contributed by atoms with Crippen molar-refractivity contribution in [2.75, 3.05) is 20.7 Å². The van der Waals surface area contributed by atoms with Gasteiger partial charge in [0.2, 0.25) is 0 Å². The lowest BCUT2D eigenvalue weighted by molar-refractivity contribution is 0.128. The van der Waals surface area contributed by atoms with E-state index in [1.807, 2.05) is 26.0 Å². The first-order valence-electron chi connectivity index (χ1n) is 11.6. The van der Waals surface area contributed by atoms with E-state index in [2.05, 4.69) is 6.92 Å². The van der Waals surface area contributed by atoms with Crippen molar-refractivity contribution in [2.24, 2.45) is 0 Å². The smallest absolute Gasteiger partial charge is 0.426 e. The van der Waals surface area contributed by atoms with Gasteiger partial charge in [0, 0.05) is 26.1 Å². The van der Waals surface area contributed by atoms with Gasteiger partial charge < -0.3 is 14.2 Å². The third-order valence-electron chi connectivity index (χ3n) is 5.23. The molecule has 0 atom stereocenters. The third-order valence-corrected chi connectivity index (χ3v) is 6.02. The second kappa shape index (κ2) is 12.8. The number of unbranched alkanes of at least 4 members (excludes halogenated alkanes) is 7. The lowest BCUT2D eigenvalue weighted by atomic mass is 10.0. The summed E-state index contributed by atoms with van der Waals surface area (Å²) in [5.74, 6) is 0.979. The van der Waals surface area contributed by atoms with Crippen LogP contribution >= 0.6 is 12.1 Å². The SMILES string of the molecule is CCCCCCCCCCOC(=O)N(C)SN(C)C(=O)Oc1cccc2c1OC(C)(C)C2. The second-order valence-electron chi connectivity index (χ2n) is 8.82. The maximum Gasteiger partial charge on any atom is 0.426 e. The summed E-state index contributed by atoms with van der Waals surface area (Å²) in [6, 6.07) is 5.52. The molecule has 8 heteroatoms. The summed E-state index contributed by atoms with van der Waals surface area (Å²) in [7, 11) is 3.11. The summed E-state index contributed by atoms with van der Waals surface area (Å²) >= 11 is 0.924.